The lowest BCUT2D eigenvalue weighted by atomic mass is 9.94. The van der Waals surface area contributed by atoms with Crippen LogP contribution in [0.3, 0.4) is 0 Å². The molecule has 1 aliphatic rings. The number of nitrogens with zero attached hydrogens (tertiary/aromatic N) is 1. The molecular weight excluding hydrogens is 258 g/mol. The standard InChI is InChI=1S/C14H21N3O3/c15-11-4-6-14(7-5-11)20-9-8-16-12-2-1-3-13(10-12)17(18)19/h1-3,10-11,14,16H,4-9,15H2. The van der Waals surface area contributed by atoms with E-state index < -0.39 is 4.92 Å². The first-order valence-electron chi connectivity index (χ1n) is 7.00. The molecule has 0 bridgehead atoms. The SMILES string of the molecule is NC1CCC(OCCNc2cccc([N+](=O)[O-])c2)CC1. The molecule has 1 saturated carbocycles. The Bertz CT molecular complexity index is 445. The number of non-ortho nitro benzene ring substituents is 1. The number of hydrogen-bond donors (Lipinski definition) is 2. The van der Waals surface area contributed by atoms with Crippen molar-refractivity contribution in [2.75, 3.05) is 18.5 Å². The third-order valence-electron chi connectivity index (χ3n) is 3.56. The molecule has 0 amide bonds. The maximum atomic E-state index is 10.7. The maximum absolute atomic E-state index is 10.7. The van der Waals surface area contributed by atoms with Crippen LogP contribution in [0.5, 0.6) is 0 Å². The third-order valence-corrected chi connectivity index (χ3v) is 3.56. The summed E-state index contributed by atoms with van der Waals surface area (Å²) in [6.07, 6.45) is 4.42. The lowest BCUT2D eigenvalue weighted by Gasteiger charge is -2.26. The highest BCUT2D eigenvalue weighted by Crippen LogP contribution is 2.20. The monoisotopic (exact) mass is 279 g/mol. The Morgan fingerprint density at radius 3 is 2.80 bits per heavy atom. The van der Waals surface area contributed by atoms with E-state index in [-0.39, 0.29) is 5.69 Å². The second kappa shape index (κ2) is 7.21. The first-order chi connectivity index (χ1) is 9.65. The second-order valence-corrected chi connectivity index (χ2v) is 5.14. The van der Waals surface area contributed by atoms with E-state index in [1.807, 2.05) is 6.07 Å². The molecule has 1 fully saturated rings. The molecule has 1 aromatic carbocycles. The molecule has 0 atom stereocenters. The smallest absolute Gasteiger partial charge is 0.271 e. The zero-order valence-corrected chi connectivity index (χ0v) is 11.5. The van der Waals surface area contributed by atoms with E-state index in [0.29, 0.717) is 25.3 Å². The Morgan fingerprint density at radius 1 is 1.35 bits per heavy atom. The third kappa shape index (κ3) is 4.47. The maximum Gasteiger partial charge on any atom is 0.271 e. The number of rotatable bonds is 6. The van der Waals surface area contributed by atoms with Crippen LogP contribution in [0.15, 0.2) is 24.3 Å². The van der Waals surface area contributed by atoms with Gasteiger partial charge in [0.2, 0.25) is 0 Å². The molecule has 0 radical (unpaired) electrons. The van der Waals surface area contributed by atoms with Gasteiger partial charge in [0.1, 0.15) is 0 Å². The molecule has 6 nitrogen and oxygen atoms in total. The largest absolute Gasteiger partial charge is 0.383 e. The van der Waals surface area contributed by atoms with Gasteiger partial charge in [-0.05, 0) is 31.7 Å². The van der Waals surface area contributed by atoms with Crippen LogP contribution in [0, 0.1) is 10.1 Å². The Labute approximate surface area is 118 Å². The Kier molecular flexibility index (Phi) is 5.31. The molecule has 0 aliphatic heterocycles. The normalized spacial score (nSPS) is 22.4. The van der Waals surface area contributed by atoms with Gasteiger partial charge in [0.05, 0.1) is 17.6 Å². The van der Waals surface area contributed by atoms with Crippen LogP contribution in [0.1, 0.15) is 25.7 Å². The number of hydrogen-bond acceptors (Lipinski definition) is 5. The lowest BCUT2D eigenvalue weighted by molar-refractivity contribution is -0.384. The molecular formula is C14H21N3O3. The van der Waals surface area contributed by atoms with E-state index in [9.17, 15) is 10.1 Å². The van der Waals surface area contributed by atoms with Gasteiger partial charge in [-0.25, -0.2) is 0 Å². The van der Waals surface area contributed by atoms with Gasteiger partial charge in [-0.1, -0.05) is 6.07 Å². The first kappa shape index (κ1) is 14.7. The summed E-state index contributed by atoms with van der Waals surface area (Å²) in [5, 5.41) is 13.8. The molecule has 0 aromatic heterocycles. The van der Waals surface area contributed by atoms with Gasteiger partial charge in [-0.3, -0.25) is 10.1 Å². The summed E-state index contributed by atoms with van der Waals surface area (Å²) in [5.74, 6) is 0. The van der Waals surface area contributed by atoms with E-state index in [1.165, 1.54) is 12.1 Å². The van der Waals surface area contributed by atoms with Crippen LogP contribution in [-0.4, -0.2) is 30.2 Å². The van der Waals surface area contributed by atoms with Crippen LogP contribution in [0.4, 0.5) is 11.4 Å². The van der Waals surface area contributed by atoms with Gasteiger partial charge in [0.15, 0.2) is 0 Å². The Morgan fingerprint density at radius 2 is 2.10 bits per heavy atom. The van der Waals surface area contributed by atoms with Crippen LogP contribution < -0.4 is 11.1 Å². The topological polar surface area (TPSA) is 90.4 Å². The number of nitro benzene ring substituents is 1. The van der Waals surface area contributed by atoms with Crippen molar-refractivity contribution in [3.05, 3.63) is 34.4 Å². The molecule has 0 saturated heterocycles. The van der Waals surface area contributed by atoms with Crippen LogP contribution in [0.2, 0.25) is 0 Å². The number of nitrogens with two attached hydrogens (primary N) is 1. The fourth-order valence-electron chi connectivity index (χ4n) is 2.41. The zero-order chi connectivity index (χ0) is 14.4. The van der Waals surface area contributed by atoms with Crippen LogP contribution in [0.25, 0.3) is 0 Å². The Hall–Kier alpha value is -1.66. The van der Waals surface area contributed by atoms with Gasteiger partial charge in [0, 0.05) is 30.4 Å². The highest BCUT2D eigenvalue weighted by atomic mass is 16.6. The van der Waals surface area contributed by atoms with E-state index in [2.05, 4.69) is 5.32 Å². The number of anilines is 1. The molecule has 1 aromatic rings. The van der Waals surface area contributed by atoms with E-state index in [1.54, 1.807) is 6.07 Å². The van der Waals surface area contributed by atoms with E-state index in [4.69, 9.17) is 10.5 Å². The van der Waals surface area contributed by atoms with Crippen LogP contribution in [-0.2, 0) is 4.74 Å². The highest BCUT2D eigenvalue weighted by molar-refractivity contribution is 5.50. The molecule has 110 valence electrons. The molecule has 6 heteroatoms. The Balaban J connectivity index is 1.68. The fraction of sp³-hybridized carbons (Fsp3) is 0.571. The van der Waals surface area contributed by atoms with Crippen molar-refractivity contribution in [3.8, 4) is 0 Å². The average molecular weight is 279 g/mol. The number of nitrogens with one attached hydrogen (secondary N) is 1. The first-order valence-corrected chi connectivity index (χ1v) is 7.00. The quantitative estimate of drug-likeness (QED) is 0.473. The van der Waals surface area contributed by atoms with Gasteiger partial charge in [-0.15, -0.1) is 0 Å². The summed E-state index contributed by atoms with van der Waals surface area (Å²) >= 11 is 0. The summed E-state index contributed by atoms with van der Waals surface area (Å²) in [6.45, 7) is 1.24. The van der Waals surface area contributed by atoms with Crippen molar-refractivity contribution < 1.29 is 9.66 Å². The van der Waals surface area contributed by atoms with Gasteiger partial charge < -0.3 is 15.8 Å². The number of nitro groups is 1. The minimum absolute atomic E-state index is 0.0946. The summed E-state index contributed by atoms with van der Waals surface area (Å²) < 4.78 is 5.78. The molecule has 0 spiro atoms. The van der Waals surface area contributed by atoms with Crippen molar-refractivity contribution >= 4 is 11.4 Å². The fourth-order valence-corrected chi connectivity index (χ4v) is 2.41. The minimum atomic E-state index is -0.396. The number of ether oxygens (including phenoxy) is 1. The van der Waals surface area contributed by atoms with Gasteiger partial charge >= 0.3 is 0 Å². The predicted octanol–water partition coefficient (Wildman–Crippen LogP) is 2.29. The van der Waals surface area contributed by atoms with Gasteiger partial charge in [0.25, 0.3) is 5.69 Å². The lowest BCUT2D eigenvalue weighted by Crippen LogP contribution is -2.31. The summed E-state index contributed by atoms with van der Waals surface area (Å²) in [4.78, 5) is 10.3. The average Bonchev–Trinajstić information content (AvgIpc) is 2.46. The van der Waals surface area contributed by atoms with E-state index >= 15 is 0 Å². The van der Waals surface area contributed by atoms with Crippen molar-refractivity contribution in [2.45, 2.75) is 37.8 Å². The predicted molar refractivity (Wildman–Crippen MR) is 77.8 cm³/mol. The van der Waals surface area contributed by atoms with Gasteiger partial charge in [-0.2, -0.15) is 0 Å². The van der Waals surface area contributed by atoms with E-state index in [0.717, 1.165) is 31.4 Å². The molecule has 2 rings (SSSR count). The van der Waals surface area contributed by atoms with Crippen molar-refractivity contribution in [3.63, 3.8) is 0 Å². The summed E-state index contributed by atoms with van der Waals surface area (Å²) in [5.41, 5.74) is 6.68. The minimum Gasteiger partial charge on any atom is -0.383 e. The molecule has 0 heterocycles. The summed E-state index contributed by atoms with van der Waals surface area (Å²) in [7, 11) is 0. The highest BCUT2D eigenvalue weighted by Gasteiger charge is 2.18. The second-order valence-electron chi connectivity index (χ2n) is 5.14. The molecule has 1 aliphatic carbocycles. The van der Waals surface area contributed by atoms with Crippen LogP contribution >= 0.6 is 0 Å². The van der Waals surface area contributed by atoms with Crippen molar-refractivity contribution in [2.24, 2.45) is 5.73 Å². The molecule has 3 N–H and O–H groups in total. The summed E-state index contributed by atoms with van der Waals surface area (Å²) in [6, 6.07) is 6.82. The molecule has 0 unspecified atom stereocenters. The zero-order valence-electron chi connectivity index (χ0n) is 11.5. The molecule has 20 heavy (non-hydrogen) atoms. The van der Waals surface area contributed by atoms with Crippen molar-refractivity contribution in [1.82, 2.24) is 0 Å². The van der Waals surface area contributed by atoms with Crippen molar-refractivity contribution in [1.29, 1.82) is 0 Å². The number of benzene rings is 1.